The second-order valence-corrected chi connectivity index (χ2v) is 7.76. The summed E-state index contributed by atoms with van der Waals surface area (Å²) in [7, 11) is 1.80. The van der Waals surface area contributed by atoms with Crippen molar-refractivity contribution in [3.05, 3.63) is 48.0 Å². The van der Waals surface area contributed by atoms with Crippen molar-refractivity contribution in [1.82, 2.24) is 5.16 Å². The highest BCUT2D eigenvalue weighted by atomic mass is 32.2. The Balaban J connectivity index is 1.96. The van der Waals surface area contributed by atoms with Gasteiger partial charge in [-0.1, -0.05) is 17.3 Å². The van der Waals surface area contributed by atoms with Gasteiger partial charge in [-0.25, -0.2) is 8.42 Å². The van der Waals surface area contributed by atoms with Gasteiger partial charge in [-0.2, -0.15) is 0 Å². The molecule has 0 saturated carbocycles. The first-order valence-electron chi connectivity index (χ1n) is 8.80. The summed E-state index contributed by atoms with van der Waals surface area (Å²) in [6.07, 6.45) is 0. The van der Waals surface area contributed by atoms with Crippen LogP contribution >= 0.6 is 0 Å². The lowest BCUT2D eigenvalue weighted by molar-refractivity contribution is 0.185. The van der Waals surface area contributed by atoms with Crippen molar-refractivity contribution >= 4 is 15.8 Å². The van der Waals surface area contributed by atoms with E-state index in [1.807, 2.05) is 12.1 Å². The Labute approximate surface area is 174 Å². The van der Waals surface area contributed by atoms with Crippen molar-refractivity contribution in [2.24, 2.45) is 0 Å². The molecule has 0 atom stereocenters. The summed E-state index contributed by atoms with van der Waals surface area (Å²) >= 11 is 0. The number of hydrogen-bond acceptors (Lipinski definition) is 8. The van der Waals surface area contributed by atoms with E-state index < -0.39 is 10.0 Å². The monoisotopic (exact) mass is 434 g/mol. The second-order valence-electron chi connectivity index (χ2n) is 6.14. The molecular weight excluding hydrogens is 412 g/mol. The SMILES string of the molecule is COCc1ccc(OC)c(-c2cc(NS(=O)(=O)c3c(OC)cccc3OC)no2)c1. The summed E-state index contributed by atoms with van der Waals surface area (Å²) in [5.41, 5.74) is 1.51. The first kappa shape index (κ1) is 21.5. The highest BCUT2D eigenvalue weighted by Crippen LogP contribution is 2.36. The topological polar surface area (TPSA) is 109 Å². The number of nitrogens with zero attached hydrogens (tertiary/aromatic N) is 1. The van der Waals surface area contributed by atoms with Crippen LogP contribution in [-0.2, 0) is 21.4 Å². The van der Waals surface area contributed by atoms with Crippen molar-refractivity contribution in [2.75, 3.05) is 33.2 Å². The van der Waals surface area contributed by atoms with Gasteiger partial charge in [0.2, 0.25) is 0 Å². The van der Waals surface area contributed by atoms with Crippen molar-refractivity contribution in [1.29, 1.82) is 0 Å². The van der Waals surface area contributed by atoms with E-state index in [1.165, 1.54) is 39.5 Å². The van der Waals surface area contributed by atoms with Crippen molar-refractivity contribution < 1.29 is 31.9 Å². The fourth-order valence-corrected chi connectivity index (χ4v) is 4.23. The van der Waals surface area contributed by atoms with Crippen LogP contribution in [0.3, 0.4) is 0 Å². The van der Waals surface area contributed by atoms with Gasteiger partial charge in [-0.05, 0) is 29.8 Å². The molecule has 0 aliphatic rings. The van der Waals surface area contributed by atoms with E-state index in [9.17, 15) is 8.42 Å². The van der Waals surface area contributed by atoms with E-state index >= 15 is 0 Å². The molecule has 0 aliphatic carbocycles. The van der Waals surface area contributed by atoms with Gasteiger partial charge < -0.3 is 23.5 Å². The minimum atomic E-state index is -4.07. The molecule has 3 aromatic rings. The summed E-state index contributed by atoms with van der Waals surface area (Å²) in [5.74, 6) is 1.15. The lowest BCUT2D eigenvalue weighted by Gasteiger charge is -2.13. The Morgan fingerprint density at radius 2 is 1.60 bits per heavy atom. The van der Waals surface area contributed by atoms with Crippen LogP contribution in [0.25, 0.3) is 11.3 Å². The lowest BCUT2D eigenvalue weighted by atomic mass is 10.1. The fraction of sp³-hybridized carbons (Fsp3) is 0.250. The molecule has 0 spiro atoms. The Morgan fingerprint density at radius 3 is 2.20 bits per heavy atom. The Morgan fingerprint density at radius 1 is 0.933 bits per heavy atom. The number of sulfonamides is 1. The van der Waals surface area contributed by atoms with Crippen LogP contribution < -0.4 is 18.9 Å². The zero-order valence-corrected chi connectivity index (χ0v) is 17.8. The van der Waals surface area contributed by atoms with Crippen LogP contribution in [0.2, 0.25) is 0 Å². The number of methoxy groups -OCH3 is 4. The second kappa shape index (κ2) is 9.06. The van der Waals surface area contributed by atoms with E-state index in [2.05, 4.69) is 9.88 Å². The molecule has 0 amide bonds. The zero-order chi connectivity index (χ0) is 21.7. The Bertz CT molecular complexity index is 1100. The average Bonchev–Trinajstić information content (AvgIpc) is 3.20. The highest BCUT2D eigenvalue weighted by Gasteiger charge is 2.26. The van der Waals surface area contributed by atoms with Gasteiger partial charge >= 0.3 is 0 Å². The molecule has 0 aliphatic heterocycles. The van der Waals surface area contributed by atoms with Crippen LogP contribution in [0.5, 0.6) is 17.2 Å². The van der Waals surface area contributed by atoms with Gasteiger partial charge in [0.25, 0.3) is 10.0 Å². The number of rotatable bonds is 9. The molecule has 30 heavy (non-hydrogen) atoms. The zero-order valence-electron chi connectivity index (χ0n) is 17.0. The van der Waals surface area contributed by atoms with Gasteiger partial charge in [0.1, 0.15) is 17.2 Å². The number of hydrogen-bond donors (Lipinski definition) is 1. The molecular formula is C20H22N2O7S. The maximum atomic E-state index is 13.0. The quantitative estimate of drug-likeness (QED) is 0.546. The predicted octanol–water partition coefficient (Wildman–Crippen LogP) is 3.31. The van der Waals surface area contributed by atoms with Gasteiger partial charge in [-0.15, -0.1) is 0 Å². The Hall–Kier alpha value is -3.24. The van der Waals surface area contributed by atoms with Crippen molar-refractivity contribution in [3.8, 4) is 28.6 Å². The third kappa shape index (κ3) is 4.34. The van der Waals surface area contributed by atoms with Crippen molar-refractivity contribution in [3.63, 3.8) is 0 Å². The van der Waals surface area contributed by atoms with Gasteiger partial charge in [0.05, 0.1) is 33.5 Å². The van der Waals surface area contributed by atoms with E-state index in [4.69, 9.17) is 23.5 Å². The number of nitrogens with one attached hydrogen (secondary N) is 1. The maximum Gasteiger partial charge on any atom is 0.270 e. The summed E-state index contributed by atoms with van der Waals surface area (Å²) in [6, 6.07) is 11.6. The van der Waals surface area contributed by atoms with Crippen molar-refractivity contribution in [2.45, 2.75) is 11.5 Å². The highest BCUT2D eigenvalue weighted by molar-refractivity contribution is 7.93. The minimum Gasteiger partial charge on any atom is -0.496 e. The molecule has 9 nitrogen and oxygen atoms in total. The smallest absolute Gasteiger partial charge is 0.270 e. The molecule has 1 heterocycles. The predicted molar refractivity (Wildman–Crippen MR) is 110 cm³/mol. The summed E-state index contributed by atoms with van der Waals surface area (Å²) in [5, 5.41) is 3.83. The summed E-state index contributed by atoms with van der Waals surface area (Å²) < 4.78 is 54.6. The van der Waals surface area contributed by atoms with Crippen LogP contribution in [0.4, 0.5) is 5.82 Å². The van der Waals surface area contributed by atoms with Gasteiger partial charge in [0.15, 0.2) is 16.5 Å². The van der Waals surface area contributed by atoms with Gasteiger partial charge in [0, 0.05) is 13.2 Å². The normalized spacial score (nSPS) is 11.2. The standard InChI is InChI=1S/C20H22N2O7S/c1-25-12-13-8-9-15(26-2)14(10-13)18-11-19(21-29-18)22-30(23,24)20-16(27-3)6-5-7-17(20)28-4/h5-11H,12H2,1-4H3,(H,21,22). The van der Waals surface area contributed by atoms with Crippen LogP contribution in [-0.4, -0.2) is 42.0 Å². The number of benzene rings is 2. The molecule has 3 rings (SSSR count). The molecule has 2 aromatic carbocycles. The van der Waals surface area contributed by atoms with E-state index in [-0.39, 0.29) is 22.2 Å². The molecule has 1 aromatic heterocycles. The number of ether oxygens (including phenoxy) is 4. The first-order chi connectivity index (χ1) is 14.4. The van der Waals surface area contributed by atoms with Crippen LogP contribution in [0.15, 0.2) is 51.9 Å². The molecule has 1 N–H and O–H groups in total. The fourth-order valence-electron chi connectivity index (χ4n) is 2.93. The first-order valence-corrected chi connectivity index (χ1v) is 10.3. The molecule has 0 radical (unpaired) electrons. The molecule has 10 heteroatoms. The summed E-state index contributed by atoms with van der Waals surface area (Å²) in [4.78, 5) is -0.140. The summed E-state index contributed by atoms with van der Waals surface area (Å²) in [6.45, 7) is 0.401. The van der Waals surface area contributed by atoms with Crippen LogP contribution in [0, 0.1) is 0 Å². The Kier molecular flexibility index (Phi) is 6.48. The third-order valence-electron chi connectivity index (χ3n) is 4.24. The molecule has 0 saturated heterocycles. The molecule has 160 valence electrons. The van der Waals surface area contributed by atoms with Crippen LogP contribution in [0.1, 0.15) is 5.56 Å². The van der Waals surface area contributed by atoms with Gasteiger partial charge in [-0.3, -0.25) is 4.72 Å². The molecule has 0 unspecified atom stereocenters. The van der Waals surface area contributed by atoms with E-state index in [1.54, 1.807) is 19.2 Å². The molecule has 0 fully saturated rings. The number of anilines is 1. The maximum absolute atomic E-state index is 13.0. The number of aromatic nitrogens is 1. The lowest BCUT2D eigenvalue weighted by Crippen LogP contribution is -2.15. The van der Waals surface area contributed by atoms with E-state index in [0.29, 0.717) is 23.7 Å². The molecule has 0 bridgehead atoms. The third-order valence-corrected chi connectivity index (χ3v) is 5.66. The average molecular weight is 434 g/mol. The van der Waals surface area contributed by atoms with E-state index in [0.717, 1.165) is 5.56 Å². The minimum absolute atomic E-state index is 0.00263. The largest absolute Gasteiger partial charge is 0.496 e.